The zero-order valence-corrected chi connectivity index (χ0v) is 24.5. The molecule has 4 N–H and O–H groups in total. The van der Waals surface area contributed by atoms with Gasteiger partial charge in [-0.25, -0.2) is 0 Å². The molecule has 0 aliphatic carbocycles. The minimum absolute atomic E-state index is 0.00901. The molecule has 2 rings (SSSR count). The summed E-state index contributed by atoms with van der Waals surface area (Å²) in [5.41, 5.74) is 8.14. The van der Waals surface area contributed by atoms with Gasteiger partial charge in [-0.3, -0.25) is 0 Å². The van der Waals surface area contributed by atoms with E-state index in [1.54, 1.807) is 19.3 Å². The van der Waals surface area contributed by atoms with E-state index in [2.05, 4.69) is 65.8 Å². The maximum absolute atomic E-state index is 8.98. The summed E-state index contributed by atoms with van der Waals surface area (Å²) in [5, 5.41) is 19.9. The molecule has 0 aromatic carbocycles. The molecule has 0 radical (unpaired) electrons. The highest BCUT2D eigenvalue weighted by molar-refractivity contribution is 6.76. The van der Waals surface area contributed by atoms with Crippen LogP contribution in [-0.2, 0) is 17.8 Å². The van der Waals surface area contributed by atoms with Gasteiger partial charge in [-0.15, -0.1) is 5.10 Å². The molecule has 11 nitrogen and oxygen atoms in total. The Kier molecular flexibility index (Phi) is 12.4. The number of anilines is 2. The number of aliphatic hydroxyl groups excluding tert-OH is 1. The average molecular weight is 536 g/mol. The molecule has 37 heavy (non-hydrogen) atoms. The standard InChI is InChI=1S/C25H45N7O4Si/c1-8-20-23(32(18(3)21(26)9-2)17-34-12-13-37(5,6)7)29-25(27-4)30-24(20)36-16-19-14-22(31-28-15-19)35-11-10-33/h14-15,18,21,33H,8-13,16-17,26H2,1-7H3,(H,27,29,30)/t18-,21?/m1/s1. The highest BCUT2D eigenvalue weighted by atomic mass is 28.3. The molecule has 208 valence electrons. The summed E-state index contributed by atoms with van der Waals surface area (Å²) in [6, 6.07) is 2.75. The Morgan fingerprint density at radius 2 is 1.92 bits per heavy atom. The Morgan fingerprint density at radius 3 is 2.54 bits per heavy atom. The lowest BCUT2D eigenvalue weighted by molar-refractivity contribution is 0.138. The van der Waals surface area contributed by atoms with Gasteiger partial charge in [0, 0.05) is 45.4 Å². The monoisotopic (exact) mass is 535 g/mol. The number of hydrogen-bond donors (Lipinski definition) is 3. The number of nitrogens with two attached hydrogens (primary N) is 1. The Hall–Kier alpha value is -2.54. The first kappa shape index (κ1) is 30.7. The maximum atomic E-state index is 8.98. The van der Waals surface area contributed by atoms with Crippen LogP contribution in [0.3, 0.4) is 0 Å². The van der Waals surface area contributed by atoms with Crippen LogP contribution < -0.4 is 25.4 Å². The number of rotatable bonds is 17. The molecule has 0 aliphatic rings. The van der Waals surface area contributed by atoms with Crippen molar-refractivity contribution in [1.82, 2.24) is 20.2 Å². The van der Waals surface area contributed by atoms with Crippen molar-refractivity contribution in [2.75, 3.05) is 43.8 Å². The van der Waals surface area contributed by atoms with Crippen LogP contribution in [0.4, 0.5) is 11.8 Å². The van der Waals surface area contributed by atoms with Crippen LogP contribution in [-0.4, -0.2) is 79.0 Å². The Morgan fingerprint density at radius 1 is 1.16 bits per heavy atom. The number of ether oxygens (including phenoxy) is 3. The van der Waals surface area contributed by atoms with Gasteiger partial charge >= 0.3 is 0 Å². The number of hydrogen-bond acceptors (Lipinski definition) is 11. The second-order valence-corrected chi connectivity index (χ2v) is 15.8. The van der Waals surface area contributed by atoms with Crippen molar-refractivity contribution in [3.05, 3.63) is 23.4 Å². The Labute approximate surface area is 222 Å². The van der Waals surface area contributed by atoms with Crippen molar-refractivity contribution in [2.24, 2.45) is 5.73 Å². The van der Waals surface area contributed by atoms with Gasteiger partial charge in [-0.1, -0.05) is 33.5 Å². The first-order valence-corrected chi connectivity index (χ1v) is 16.7. The molecule has 2 aromatic rings. The predicted molar refractivity (Wildman–Crippen MR) is 149 cm³/mol. The molecule has 0 fully saturated rings. The van der Waals surface area contributed by atoms with Crippen molar-refractivity contribution < 1.29 is 19.3 Å². The van der Waals surface area contributed by atoms with Crippen molar-refractivity contribution in [1.29, 1.82) is 0 Å². The largest absolute Gasteiger partial charge is 0.474 e. The van der Waals surface area contributed by atoms with Gasteiger partial charge in [0.05, 0.1) is 18.4 Å². The average Bonchev–Trinajstić information content (AvgIpc) is 2.88. The van der Waals surface area contributed by atoms with E-state index in [0.29, 0.717) is 37.5 Å². The van der Waals surface area contributed by atoms with Crippen molar-refractivity contribution in [3.8, 4) is 11.8 Å². The van der Waals surface area contributed by atoms with E-state index in [-0.39, 0.29) is 31.9 Å². The summed E-state index contributed by atoms with van der Waals surface area (Å²) in [5.74, 6) is 2.01. The maximum Gasteiger partial charge on any atom is 0.233 e. The summed E-state index contributed by atoms with van der Waals surface area (Å²) < 4.78 is 17.7. The van der Waals surface area contributed by atoms with Crippen LogP contribution in [0.1, 0.15) is 38.3 Å². The summed E-state index contributed by atoms with van der Waals surface area (Å²) in [6.45, 7) is 14.6. The van der Waals surface area contributed by atoms with Gasteiger partial charge in [-0.2, -0.15) is 15.1 Å². The van der Waals surface area contributed by atoms with Crippen LogP contribution in [0.5, 0.6) is 11.8 Å². The zero-order chi connectivity index (χ0) is 27.4. The smallest absolute Gasteiger partial charge is 0.233 e. The predicted octanol–water partition coefficient (Wildman–Crippen LogP) is 3.07. The first-order valence-electron chi connectivity index (χ1n) is 13.0. The van der Waals surface area contributed by atoms with Crippen LogP contribution in [0.15, 0.2) is 12.3 Å². The first-order chi connectivity index (χ1) is 17.6. The Balaban J connectivity index is 2.36. The van der Waals surface area contributed by atoms with Gasteiger partial charge in [0.15, 0.2) is 0 Å². The van der Waals surface area contributed by atoms with E-state index < -0.39 is 8.07 Å². The van der Waals surface area contributed by atoms with E-state index in [9.17, 15) is 0 Å². The van der Waals surface area contributed by atoms with Crippen LogP contribution in [0.25, 0.3) is 0 Å². The van der Waals surface area contributed by atoms with E-state index in [1.807, 2.05) is 0 Å². The molecule has 2 atom stereocenters. The fourth-order valence-corrected chi connectivity index (χ4v) is 4.31. The van der Waals surface area contributed by atoms with Crippen LogP contribution in [0, 0.1) is 0 Å². The van der Waals surface area contributed by atoms with Gasteiger partial charge < -0.3 is 35.3 Å². The van der Waals surface area contributed by atoms with Gasteiger partial charge in [-0.05, 0) is 25.8 Å². The fourth-order valence-electron chi connectivity index (χ4n) is 3.55. The second-order valence-electron chi connectivity index (χ2n) is 10.2. The summed E-state index contributed by atoms with van der Waals surface area (Å²) in [4.78, 5) is 11.6. The normalized spacial score (nSPS) is 13.2. The van der Waals surface area contributed by atoms with Crippen molar-refractivity contribution in [2.45, 2.75) is 78.0 Å². The van der Waals surface area contributed by atoms with Crippen LogP contribution in [0.2, 0.25) is 25.7 Å². The molecule has 2 heterocycles. The van der Waals surface area contributed by atoms with E-state index in [1.165, 1.54) is 0 Å². The van der Waals surface area contributed by atoms with E-state index >= 15 is 0 Å². The molecule has 1 unspecified atom stereocenters. The lowest BCUT2D eigenvalue weighted by atomic mass is 10.1. The zero-order valence-electron chi connectivity index (χ0n) is 23.5. The molecule has 12 heteroatoms. The topological polar surface area (TPSA) is 141 Å². The number of nitrogens with one attached hydrogen (secondary N) is 1. The molecule has 0 spiro atoms. The Bertz CT molecular complexity index is 961. The van der Waals surface area contributed by atoms with E-state index in [4.69, 9.17) is 30.0 Å². The fraction of sp³-hybridized carbons (Fsp3) is 0.680. The summed E-state index contributed by atoms with van der Waals surface area (Å²) in [7, 11) is 0.565. The molecule has 2 aromatic heterocycles. The minimum Gasteiger partial charge on any atom is -0.474 e. The van der Waals surface area contributed by atoms with Crippen LogP contribution >= 0.6 is 0 Å². The SMILES string of the molecule is CCc1c(OCc2cnnc(OCCO)c2)nc(NC)nc1N(COCC[Si](C)(C)C)[C@H](C)C(N)CC. The summed E-state index contributed by atoms with van der Waals surface area (Å²) >= 11 is 0. The third-order valence-corrected chi connectivity index (χ3v) is 7.72. The molecule has 0 saturated heterocycles. The third kappa shape index (κ3) is 9.69. The quantitative estimate of drug-likeness (QED) is 0.156. The second kappa shape index (κ2) is 15.0. The van der Waals surface area contributed by atoms with Crippen molar-refractivity contribution >= 4 is 19.8 Å². The minimum atomic E-state index is -1.22. The molecular formula is C25H45N7O4Si. The van der Waals surface area contributed by atoms with E-state index in [0.717, 1.165) is 29.4 Å². The van der Waals surface area contributed by atoms with Crippen molar-refractivity contribution in [3.63, 3.8) is 0 Å². The molecule has 0 aliphatic heterocycles. The third-order valence-electron chi connectivity index (χ3n) is 6.01. The van der Waals surface area contributed by atoms with Gasteiger partial charge in [0.2, 0.25) is 17.7 Å². The highest BCUT2D eigenvalue weighted by Gasteiger charge is 2.27. The summed E-state index contributed by atoms with van der Waals surface area (Å²) in [6.07, 6.45) is 3.10. The lowest BCUT2D eigenvalue weighted by Crippen LogP contribution is -2.47. The number of nitrogens with zero attached hydrogens (tertiary/aromatic N) is 5. The molecule has 0 amide bonds. The van der Waals surface area contributed by atoms with Gasteiger partial charge in [0.25, 0.3) is 0 Å². The number of aliphatic hydroxyl groups is 1. The number of aromatic nitrogens is 4. The molecule has 0 saturated carbocycles. The lowest BCUT2D eigenvalue weighted by Gasteiger charge is -2.35. The highest BCUT2D eigenvalue weighted by Crippen LogP contribution is 2.31. The molecular weight excluding hydrogens is 490 g/mol. The van der Waals surface area contributed by atoms with Gasteiger partial charge in [0.1, 0.15) is 25.8 Å². The molecule has 0 bridgehead atoms.